The highest BCUT2D eigenvalue weighted by Gasteiger charge is 2.14. The number of fused-ring (bicyclic) bond motifs is 1. The summed E-state index contributed by atoms with van der Waals surface area (Å²) in [6.07, 6.45) is 0.519. The van der Waals surface area contributed by atoms with Gasteiger partial charge in [0.15, 0.2) is 6.61 Å². The Morgan fingerprint density at radius 3 is 2.75 bits per heavy atom. The Morgan fingerprint density at radius 2 is 2.03 bits per heavy atom. The maximum Gasteiger partial charge on any atom is 0.345 e. The standard InChI is InChI=1S/C24H22N2O5S/c1-15-25-21(14-32-15)20-10-17-7-8-19(11-22(17)31-24(20)29)30-13-23(28)26-18(12-27)9-16-5-3-2-4-6-16/h2-8,10-11,14,18,27H,9,12-13H2,1H3,(H,26,28)/t18-/m1/s1. The van der Waals surface area contributed by atoms with Gasteiger partial charge in [-0.3, -0.25) is 4.79 Å². The molecule has 0 aliphatic carbocycles. The lowest BCUT2D eigenvalue weighted by molar-refractivity contribution is -0.124. The Kier molecular flexibility index (Phi) is 6.63. The quantitative estimate of drug-likeness (QED) is 0.399. The molecule has 0 unspecified atom stereocenters. The summed E-state index contributed by atoms with van der Waals surface area (Å²) in [4.78, 5) is 29.0. The van der Waals surface area contributed by atoms with E-state index in [0.717, 1.165) is 16.0 Å². The molecule has 2 aromatic carbocycles. The van der Waals surface area contributed by atoms with Crippen LogP contribution in [0.5, 0.6) is 5.75 Å². The third-order valence-electron chi connectivity index (χ3n) is 4.88. The lowest BCUT2D eigenvalue weighted by atomic mass is 10.1. The van der Waals surface area contributed by atoms with Gasteiger partial charge in [-0.25, -0.2) is 9.78 Å². The number of carbonyl (C=O) groups is 1. The second-order valence-corrected chi connectivity index (χ2v) is 8.39. The number of hydrogen-bond acceptors (Lipinski definition) is 7. The Balaban J connectivity index is 1.40. The van der Waals surface area contributed by atoms with E-state index >= 15 is 0 Å². The summed E-state index contributed by atoms with van der Waals surface area (Å²) in [5.74, 6) is 0.0486. The maximum absolute atomic E-state index is 12.4. The van der Waals surface area contributed by atoms with Crippen LogP contribution in [0.2, 0.25) is 0 Å². The van der Waals surface area contributed by atoms with Crippen molar-refractivity contribution in [2.24, 2.45) is 0 Å². The van der Waals surface area contributed by atoms with Gasteiger partial charge in [0.2, 0.25) is 0 Å². The van der Waals surface area contributed by atoms with Crippen LogP contribution in [0.15, 0.2) is 69.2 Å². The smallest absolute Gasteiger partial charge is 0.345 e. The second kappa shape index (κ2) is 9.76. The molecule has 0 aliphatic rings. The molecule has 164 valence electrons. The molecule has 0 fully saturated rings. The molecule has 4 aromatic rings. The molecule has 32 heavy (non-hydrogen) atoms. The molecule has 2 heterocycles. The molecule has 2 aromatic heterocycles. The van der Waals surface area contributed by atoms with Crippen LogP contribution in [0.4, 0.5) is 0 Å². The predicted molar refractivity (Wildman–Crippen MR) is 123 cm³/mol. The molecule has 4 rings (SSSR count). The first-order valence-corrected chi connectivity index (χ1v) is 11.0. The van der Waals surface area contributed by atoms with E-state index < -0.39 is 11.7 Å². The van der Waals surface area contributed by atoms with Gasteiger partial charge in [0.05, 0.1) is 28.9 Å². The van der Waals surface area contributed by atoms with Crippen LogP contribution in [0.1, 0.15) is 10.6 Å². The normalized spacial score (nSPS) is 11.9. The first-order chi connectivity index (χ1) is 15.5. The number of aryl methyl sites for hydroxylation is 1. The molecule has 8 heteroatoms. The molecule has 0 saturated heterocycles. The Morgan fingerprint density at radius 1 is 1.22 bits per heavy atom. The number of ether oxygens (including phenoxy) is 1. The minimum Gasteiger partial charge on any atom is -0.484 e. The minimum absolute atomic E-state index is 0.178. The average Bonchev–Trinajstić information content (AvgIpc) is 3.23. The van der Waals surface area contributed by atoms with Crippen molar-refractivity contribution >= 4 is 28.2 Å². The van der Waals surface area contributed by atoms with Crippen LogP contribution in [-0.4, -0.2) is 35.3 Å². The summed E-state index contributed by atoms with van der Waals surface area (Å²) in [6, 6.07) is 16.0. The molecular formula is C24H22N2O5S. The van der Waals surface area contributed by atoms with Gasteiger partial charge in [0.1, 0.15) is 11.3 Å². The van der Waals surface area contributed by atoms with Gasteiger partial charge < -0.3 is 19.6 Å². The van der Waals surface area contributed by atoms with Gasteiger partial charge in [-0.2, -0.15) is 0 Å². The first-order valence-electron chi connectivity index (χ1n) is 10.1. The van der Waals surface area contributed by atoms with Crippen LogP contribution in [0.25, 0.3) is 22.2 Å². The number of rotatable bonds is 8. The molecule has 0 aliphatic heterocycles. The maximum atomic E-state index is 12.4. The van der Waals surface area contributed by atoms with E-state index in [-0.39, 0.29) is 19.1 Å². The van der Waals surface area contributed by atoms with Crippen molar-refractivity contribution in [1.29, 1.82) is 0 Å². The third kappa shape index (κ3) is 5.22. The molecule has 0 saturated carbocycles. The monoisotopic (exact) mass is 450 g/mol. The third-order valence-corrected chi connectivity index (χ3v) is 5.66. The van der Waals surface area contributed by atoms with Gasteiger partial charge in [0, 0.05) is 16.8 Å². The van der Waals surface area contributed by atoms with E-state index in [1.165, 1.54) is 11.3 Å². The van der Waals surface area contributed by atoms with Gasteiger partial charge >= 0.3 is 5.63 Å². The molecule has 0 spiro atoms. The number of amides is 1. The van der Waals surface area contributed by atoms with Crippen molar-refractivity contribution in [3.8, 4) is 17.0 Å². The highest BCUT2D eigenvalue weighted by atomic mass is 32.1. The number of benzene rings is 2. The van der Waals surface area contributed by atoms with Crippen LogP contribution >= 0.6 is 11.3 Å². The number of hydrogen-bond donors (Lipinski definition) is 2. The highest BCUT2D eigenvalue weighted by Crippen LogP contribution is 2.25. The van der Waals surface area contributed by atoms with E-state index in [1.807, 2.05) is 42.6 Å². The molecule has 0 radical (unpaired) electrons. The van der Waals surface area contributed by atoms with Gasteiger partial charge in [-0.15, -0.1) is 11.3 Å². The van der Waals surface area contributed by atoms with Gasteiger partial charge in [-0.05, 0) is 37.1 Å². The Bertz CT molecular complexity index is 1280. The van der Waals surface area contributed by atoms with E-state index in [2.05, 4.69) is 10.3 Å². The number of nitrogens with one attached hydrogen (secondary N) is 1. The summed E-state index contributed by atoms with van der Waals surface area (Å²) in [6.45, 7) is 1.47. The van der Waals surface area contributed by atoms with E-state index in [0.29, 0.717) is 29.0 Å². The summed E-state index contributed by atoms with van der Waals surface area (Å²) in [7, 11) is 0. The molecule has 1 atom stereocenters. The number of nitrogens with zero attached hydrogens (tertiary/aromatic N) is 1. The molecule has 7 nitrogen and oxygen atoms in total. The minimum atomic E-state index is -0.482. The fraction of sp³-hybridized carbons (Fsp3) is 0.208. The molecule has 1 amide bonds. The van der Waals surface area contributed by atoms with Crippen molar-refractivity contribution < 1.29 is 19.1 Å². The Hall–Kier alpha value is -3.49. The number of aromatic nitrogens is 1. The average molecular weight is 451 g/mol. The zero-order valence-electron chi connectivity index (χ0n) is 17.4. The number of aliphatic hydroxyl groups excluding tert-OH is 1. The first kappa shape index (κ1) is 21.7. The van der Waals surface area contributed by atoms with E-state index in [1.54, 1.807) is 24.3 Å². The van der Waals surface area contributed by atoms with Crippen LogP contribution in [0, 0.1) is 6.92 Å². The number of thiazole rings is 1. The fourth-order valence-corrected chi connectivity index (χ4v) is 3.94. The Labute approximate surface area is 188 Å². The van der Waals surface area contributed by atoms with Crippen molar-refractivity contribution in [1.82, 2.24) is 10.3 Å². The van der Waals surface area contributed by atoms with Crippen LogP contribution in [-0.2, 0) is 11.2 Å². The summed E-state index contributed by atoms with van der Waals surface area (Å²) in [5.41, 5.74) is 1.90. The van der Waals surface area contributed by atoms with Crippen LogP contribution in [0.3, 0.4) is 0 Å². The topological polar surface area (TPSA) is 102 Å². The molecule has 2 N–H and O–H groups in total. The lowest BCUT2D eigenvalue weighted by Gasteiger charge is -2.16. The number of carbonyl (C=O) groups excluding carboxylic acids is 1. The van der Waals surface area contributed by atoms with Crippen molar-refractivity contribution in [2.45, 2.75) is 19.4 Å². The lowest BCUT2D eigenvalue weighted by Crippen LogP contribution is -2.41. The van der Waals surface area contributed by atoms with Crippen molar-refractivity contribution in [3.05, 3.63) is 81.0 Å². The van der Waals surface area contributed by atoms with Crippen molar-refractivity contribution in [2.75, 3.05) is 13.2 Å². The molecule has 0 bridgehead atoms. The number of aliphatic hydroxyl groups is 1. The van der Waals surface area contributed by atoms with Crippen molar-refractivity contribution in [3.63, 3.8) is 0 Å². The van der Waals surface area contributed by atoms with Gasteiger partial charge in [0.25, 0.3) is 5.91 Å². The van der Waals surface area contributed by atoms with E-state index in [4.69, 9.17) is 9.15 Å². The van der Waals surface area contributed by atoms with Crippen LogP contribution < -0.4 is 15.7 Å². The zero-order valence-corrected chi connectivity index (χ0v) is 18.2. The second-order valence-electron chi connectivity index (χ2n) is 7.32. The van der Waals surface area contributed by atoms with Gasteiger partial charge in [-0.1, -0.05) is 30.3 Å². The fourth-order valence-electron chi connectivity index (χ4n) is 3.33. The largest absolute Gasteiger partial charge is 0.484 e. The predicted octanol–water partition coefficient (Wildman–Crippen LogP) is 3.32. The van der Waals surface area contributed by atoms with E-state index in [9.17, 15) is 14.7 Å². The summed E-state index contributed by atoms with van der Waals surface area (Å²) < 4.78 is 11.0. The SMILES string of the molecule is Cc1nc(-c2cc3ccc(OCC(=O)N[C@@H](CO)Cc4ccccc4)cc3oc2=O)cs1. The molecular weight excluding hydrogens is 428 g/mol. The summed E-state index contributed by atoms with van der Waals surface area (Å²) in [5, 5.41) is 15.8. The highest BCUT2D eigenvalue weighted by molar-refractivity contribution is 7.09. The summed E-state index contributed by atoms with van der Waals surface area (Å²) >= 11 is 1.47. The zero-order chi connectivity index (χ0) is 22.5.